The molecule has 0 saturated carbocycles. The number of hydrogen-bond donors (Lipinski definition) is 0. The minimum atomic E-state index is -0.0958. The summed E-state index contributed by atoms with van der Waals surface area (Å²) in [6.07, 6.45) is 4.42. The highest BCUT2D eigenvalue weighted by molar-refractivity contribution is 5.73. The predicted octanol–water partition coefficient (Wildman–Crippen LogP) is 0.911. The maximum atomic E-state index is 11.0. The first-order valence-corrected chi connectivity index (χ1v) is 4.42. The number of hydrogen-bond acceptors (Lipinski definition) is 3. The molecule has 0 bridgehead atoms. The van der Waals surface area contributed by atoms with Gasteiger partial charge in [-0.05, 0) is 19.8 Å². The molecule has 0 aliphatic carbocycles. The van der Waals surface area contributed by atoms with E-state index in [-0.39, 0.29) is 12.1 Å². The van der Waals surface area contributed by atoms with Crippen molar-refractivity contribution in [3.8, 4) is 0 Å². The summed E-state index contributed by atoms with van der Waals surface area (Å²) in [5.74, 6) is -0.0958. The zero-order chi connectivity index (χ0) is 8.55. The Balaban J connectivity index is 2.20. The first-order chi connectivity index (χ1) is 5.77. The average Bonchev–Trinajstić information content (AvgIpc) is 2.04. The number of rotatable bonds is 0. The standard InChI is InChI=1S/C9H13NO2/c1-7-8-4-2-3-5-10(8)6-9(11)12-7/h4,7H,2-3,5-6H2,1H3. The maximum absolute atomic E-state index is 11.0. The van der Waals surface area contributed by atoms with Gasteiger partial charge in [0.05, 0.1) is 5.70 Å². The van der Waals surface area contributed by atoms with Crippen LogP contribution in [0.2, 0.25) is 0 Å². The zero-order valence-corrected chi connectivity index (χ0v) is 7.25. The fraction of sp³-hybridized carbons (Fsp3) is 0.667. The van der Waals surface area contributed by atoms with Crippen molar-refractivity contribution < 1.29 is 9.53 Å². The second-order valence-corrected chi connectivity index (χ2v) is 3.32. The molecule has 0 aromatic rings. The van der Waals surface area contributed by atoms with Crippen molar-refractivity contribution in [2.24, 2.45) is 0 Å². The topological polar surface area (TPSA) is 29.5 Å². The molecule has 2 rings (SSSR count). The molecule has 1 unspecified atom stereocenters. The number of allylic oxidation sites excluding steroid dienone is 1. The summed E-state index contributed by atoms with van der Waals surface area (Å²) >= 11 is 0. The van der Waals surface area contributed by atoms with Crippen molar-refractivity contribution in [3.63, 3.8) is 0 Å². The van der Waals surface area contributed by atoms with Gasteiger partial charge in [0.25, 0.3) is 0 Å². The molecule has 1 saturated heterocycles. The number of carbonyl (C=O) groups is 1. The highest BCUT2D eigenvalue weighted by Gasteiger charge is 2.28. The number of cyclic esters (lactones) is 1. The lowest BCUT2D eigenvalue weighted by Crippen LogP contribution is -2.43. The third-order valence-corrected chi connectivity index (χ3v) is 2.40. The largest absolute Gasteiger partial charge is 0.455 e. The molecule has 0 radical (unpaired) electrons. The third kappa shape index (κ3) is 1.19. The number of carbonyl (C=O) groups excluding carboxylic acids is 1. The average molecular weight is 167 g/mol. The summed E-state index contributed by atoms with van der Waals surface area (Å²) in [6, 6.07) is 0. The van der Waals surface area contributed by atoms with Crippen molar-refractivity contribution >= 4 is 5.97 Å². The van der Waals surface area contributed by atoms with Crippen LogP contribution in [0.4, 0.5) is 0 Å². The SMILES string of the molecule is CC1OC(=O)CN2CCCC=C12. The number of morpholine rings is 1. The Hall–Kier alpha value is -0.990. The van der Waals surface area contributed by atoms with Gasteiger partial charge in [-0.25, -0.2) is 0 Å². The molecule has 2 aliphatic rings. The monoisotopic (exact) mass is 167 g/mol. The van der Waals surface area contributed by atoms with Crippen molar-refractivity contribution in [1.82, 2.24) is 4.90 Å². The summed E-state index contributed by atoms with van der Waals surface area (Å²) in [7, 11) is 0. The third-order valence-electron chi connectivity index (χ3n) is 2.40. The van der Waals surface area contributed by atoms with Gasteiger partial charge in [0, 0.05) is 6.54 Å². The molecule has 2 aliphatic heterocycles. The number of esters is 1. The van der Waals surface area contributed by atoms with E-state index in [1.54, 1.807) is 0 Å². The predicted molar refractivity (Wildman–Crippen MR) is 44.4 cm³/mol. The van der Waals surface area contributed by atoms with Gasteiger partial charge in [-0.3, -0.25) is 4.79 Å². The molecule has 66 valence electrons. The van der Waals surface area contributed by atoms with Crippen LogP contribution in [0, 0.1) is 0 Å². The minimum Gasteiger partial charge on any atom is -0.455 e. The van der Waals surface area contributed by atoms with E-state index in [1.165, 1.54) is 5.70 Å². The Labute approximate surface area is 72.0 Å². The molecular weight excluding hydrogens is 154 g/mol. The highest BCUT2D eigenvalue weighted by Crippen LogP contribution is 2.23. The zero-order valence-electron chi connectivity index (χ0n) is 7.25. The molecule has 2 heterocycles. The van der Waals surface area contributed by atoms with E-state index in [0.29, 0.717) is 6.54 Å². The number of nitrogens with zero attached hydrogens (tertiary/aromatic N) is 1. The van der Waals surface area contributed by atoms with Crippen LogP contribution in [-0.4, -0.2) is 30.1 Å². The lowest BCUT2D eigenvalue weighted by Gasteiger charge is -2.37. The second kappa shape index (κ2) is 2.81. The molecule has 12 heavy (non-hydrogen) atoms. The van der Waals surface area contributed by atoms with Gasteiger partial charge < -0.3 is 9.64 Å². The van der Waals surface area contributed by atoms with Crippen LogP contribution in [0.25, 0.3) is 0 Å². The Morgan fingerprint density at radius 3 is 3.33 bits per heavy atom. The van der Waals surface area contributed by atoms with E-state index < -0.39 is 0 Å². The summed E-state index contributed by atoms with van der Waals surface area (Å²) in [4.78, 5) is 13.2. The molecule has 0 N–H and O–H groups in total. The van der Waals surface area contributed by atoms with E-state index in [1.807, 2.05) is 6.92 Å². The summed E-state index contributed by atoms with van der Waals surface area (Å²) in [6.45, 7) is 3.38. The van der Waals surface area contributed by atoms with Crippen LogP contribution in [-0.2, 0) is 9.53 Å². The normalized spacial score (nSPS) is 29.1. The van der Waals surface area contributed by atoms with Gasteiger partial charge in [0.1, 0.15) is 12.6 Å². The van der Waals surface area contributed by atoms with Gasteiger partial charge in [0.2, 0.25) is 0 Å². The Morgan fingerprint density at radius 2 is 2.50 bits per heavy atom. The summed E-state index contributed by atoms with van der Waals surface area (Å²) in [5, 5.41) is 0. The van der Waals surface area contributed by atoms with E-state index in [2.05, 4.69) is 11.0 Å². The maximum Gasteiger partial charge on any atom is 0.326 e. The fourth-order valence-electron chi connectivity index (χ4n) is 1.83. The van der Waals surface area contributed by atoms with Crippen LogP contribution in [0.15, 0.2) is 11.8 Å². The fourth-order valence-corrected chi connectivity index (χ4v) is 1.83. The van der Waals surface area contributed by atoms with E-state index in [4.69, 9.17) is 4.74 Å². The molecule has 0 amide bonds. The van der Waals surface area contributed by atoms with E-state index in [0.717, 1.165) is 19.4 Å². The van der Waals surface area contributed by atoms with Crippen molar-refractivity contribution in [1.29, 1.82) is 0 Å². The molecule has 0 aromatic carbocycles. The van der Waals surface area contributed by atoms with Crippen molar-refractivity contribution in [2.45, 2.75) is 25.9 Å². The van der Waals surface area contributed by atoms with Gasteiger partial charge in [-0.1, -0.05) is 6.08 Å². The van der Waals surface area contributed by atoms with Crippen LogP contribution < -0.4 is 0 Å². The molecule has 3 heteroatoms. The molecular formula is C9H13NO2. The molecule has 1 fully saturated rings. The van der Waals surface area contributed by atoms with Crippen molar-refractivity contribution in [3.05, 3.63) is 11.8 Å². The number of fused-ring (bicyclic) bond motifs is 1. The van der Waals surface area contributed by atoms with Crippen LogP contribution in [0.3, 0.4) is 0 Å². The summed E-state index contributed by atoms with van der Waals surface area (Å²) in [5.41, 5.74) is 1.20. The highest BCUT2D eigenvalue weighted by atomic mass is 16.5. The van der Waals surface area contributed by atoms with Gasteiger partial charge in [-0.15, -0.1) is 0 Å². The first-order valence-electron chi connectivity index (χ1n) is 4.42. The minimum absolute atomic E-state index is 0.0356. The van der Waals surface area contributed by atoms with Crippen LogP contribution in [0.5, 0.6) is 0 Å². The number of ether oxygens (including phenoxy) is 1. The summed E-state index contributed by atoms with van der Waals surface area (Å²) < 4.78 is 5.11. The molecule has 0 aromatic heterocycles. The van der Waals surface area contributed by atoms with Crippen LogP contribution in [0.1, 0.15) is 19.8 Å². The lowest BCUT2D eigenvalue weighted by molar-refractivity contribution is -0.153. The van der Waals surface area contributed by atoms with Gasteiger partial charge >= 0.3 is 5.97 Å². The Kier molecular flexibility index (Phi) is 1.79. The smallest absolute Gasteiger partial charge is 0.326 e. The molecule has 3 nitrogen and oxygen atoms in total. The Morgan fingerprint density at radius 1 is 1.67 bits per heavy atom. The van der Waals surface area contributed by atoms with E-state index >= 15 is 0 Å². The Bertz CT molecular complexity index is 235. The van der Waals surface area contributed by atoms with Gasteiger partial charge in [0.15, 0.2) is 0 Å². The quantitative estimate of drug-likeness (QED) is 0.502. The van der Waals surface area contributed by atoms with Gasteiger partial charge in [-0.2, -0.15) is 0 Å². The van der Waals surface area contributed by atoms with Crippen molar-refractivity contribution in [2.75, 3.05) is 13.1 Å². The lowest BCUT2D eigenvalue weighted by atomic mass is 10.1. The van der Waals surface area contributed by atoms with Crippen LogP contribution >= 0.6 is 0 Å². The molecule has 0 spiro atoms. The molecule has 1 atom stereocenters. The second-order valence-electron chi connectivity index (χ2n) is 3.32. The van der Waals surface area contributed by atoms with E-state index in [9.17, 15) is 4.79 Å². The first kappa shape index (κ1) is 7.65.